The van der Waals surface area contributed by atoms with Crippen molar-refractivity contribution >= 4 is 23.3 Å². The van der Waals surface area contributed by atoms with Crippen LogP contribution in [0.2, 0.25) is 5.15 Å². The molecule has 0 saturated heterocycles. The van der Waals surface area contributed by atoms with E-state index in [1.165, 1.54) is 0 Å². The summed E-state index contributed by atoms with van der Waals surface area (Å²) < 4.78 is 0. The molecule has 0 aliphatic carbocycles. The first kappa shape index (κ1) is 14.7. The molecule has 100 valence electrons. The van der Waals surface area contributed by atoms with E-state index in [1.54, 1.807) is 4.90 Å². The van der Waals surface area contributed by atoms with E-state index in [-0.39, 0.29) is 18.5 Å². The maximum atomic E-state index is 11.7. The minimum atomic E-state index is -0.0405. The maximum absolute atomic E-state index is 11.7. The number of nitrogens with zero attached hydrogens (tertiary/aromatic N) is 3. The Morgan fingerprint density at radius 2 is 1.94 bits per heavy atom. The Kier molecular flexibility index (Phi) is 4.90. The molecule has 1 aromatic rings. The van der Waals surface area contributed by atoms with Crippen LogP contribution in [-0.4, -0.2) is 35.7 Å². The number of hydrogen-bond acceptors (Lipinski definition) is 4. The number of carbonyl (C=O) groups is 1. The van der Waals surface area contributed by atoms with Crippen molar-refractivity contribution in [1.29, 1.82) is 0 Å². The van der Waals surface area contributed by atoms with Gasteiger partial charge >= 0.3 is 0 Å². The molecule has 0 aromatic carbocycles. The van der Waals surface area contributed by atoms with Crippen molar-refractivity contribution in [3.05, 3.63) is 16.3 Å². The summed E-state index contributed by atoms with van der Waals surface area (Å²) in [5.74, 6) is 0.636. The summed E-state index contributed by atoms with van der Waals surface area (Å²) in [5, 5.41) is 11.1. The molecule has 0 aliphatic heterocycles. The highest BCUT2D eigenvalue weighted by atomic mass is 35.5. The van der Waals surface area contributed by atoms with Gasteiger partial charge < -0.3 is 10.2 Å². The molecule has 1 aromatic heterocycles. The predicted molar refractivity (Wildman–Crippen MR) is 73.1 cm³/mol. The summed E-state index contributed by atoms with van der Waals surface area (Å²) in [6, 6.07) is 0.130. The summed E-state index contributed by atoms with van der Waals surface area (Å²) in [7, 11) is 1.81. The van der Waals surface area contributed by atoms with Gasteiger partial charge in [-0.15, -0.1) is 10.2 Å². The van der Waals surface area contributed by atoms with E-state index in [0.717, 1.165) is 11.1 Å². The molecule has 0 bridgehead atoms. The van der Waals surface area contributed by atoms with Gasteiger partial charge in [-0.3, -0.25) is 4.79 Å². The van der Waals surface area contributed by atoms with Crippen LogP contribution in [0.1, 0.15) is 25.0 Å². The first-order valence-electron chi connectivity index (χ1n) is 5.82. The lowest BCUT2D eigenvalue weighted by molar-refractivity contribution is -0.120. The van der Waals surface area contributed by atoms with Crippen molar-refractivity contribution in [2.75, 3.05) is 18.5 Å². The number of carbonyl (C=O) groups excluding carboxylic acids is 1. The van der Waals surface area contributed by atoms with E-state index in [1.807, 2.05) is 34.7 Å². The molecule has 0 fully saturated rings. The van der Waals surface area contributed by atoms with E-state index in [9.17, 15) is 4.79 Å². The van der Waals surface area contributed by atoms with Gasteiger partial charge in [0.1, 0.15) is 0 Å². The Morgan fingerprint density at radius 3 is 2.50 bits per heavy atom. The zero-order valence-corrected chi connectivity index (χ0v) is 12.2. The molecule has 0 aliphatic rings. The lowest BCUT2D eigenvalue weighted by atomic mass is 10.2. The fourth-order valence-corrected chi connectivity index (χ4v) is 1.76. The molecule has 0 radical (unpaired) electrons. The molecule has 1 heterocycles. The third-order valence-electron chi connectivity index (χ3n) is 2.63. The normalized spacial score (nSPS) is 10.6. The number of likely N-dealkylation sites (N-methyl/N-ethyl adjacent to an activating group) is 1. The van der Waals surface area contributed by atoms with Crippen LogP contribution in [-0.2, 0) is 4.79 Å². The van der Waals surface area contributed by atoms with Gasteiger partial charge in [-0.05, 0) is 38.8 Å². The second-order valence-corrected chi connectivity index (χ2v) is 5.00. The van der Waals surface area contributed by atoms with Gasteiger partial charge in [0.15, 0.2) is 11.0 Å². The molecule has 0 spiro atoms. The van der Waals surface area contributed by atoms with Crippen molar-refractivity contribution in [2.24, 2.45) is 0 Å². The van der Waals surface area contributed by atoms with Gasteiger partial charge in [0.2, 0.25) is 5.91 Å². The Bertz CT molecular complexity index is 448. The number of hydrogen-bond donors (Lipinski definition) is 1. The number of amides is 1. The number of halogens is 1. The number of nitrogens with one attached hydrogen (secondary N) is 1. The first-order valence-corrected chi connectivity index (χ1v) is 6.20. The lowest BCUT2D eigenvalue weighted by Gasteiger charge is -2.20. The van der Waals surface area contributed by atoms with Crippen molar-refractivity contribution in [3.8, 4) is 0 Å². The molecule has 1 rings (SSSR count). The van der Waals surface area contributed by atoms with Crippen LogP contribution >= 0.6 is 11.6 Å². The van der Waals surface area contributed by atoms with Gasteiger partial charge in [0.05, 0.1) is 6.54 Å². The van der Waals surface area contributed by atoms with Crippen LogP contribution in [0.4, 0.5) is 5.82 Å². The topological polar surface area (TPSA) is 58.1 Å². The standard InChI is InChI=1S/C12H19ClN4O/c1-7(2)14-10(18)6-17(5)12-9(4)8(3)11(13)15-16-12/h7H,6H2,1-5H3,(H,14,18). The zero-order chi connectivity index (χ0) is 13.9. The van der Waals surface area contributed by atoms with Gasteiger partial charge in [-0.1, -0.05) is 11.6 Å². The Hall–Kier alpha value is -1.36. The minimum absolute atomic E-state index is 0.0405. The second kappa shape index (κ2) is 6.00. The minimum Gasteiger partial charge on any atom is -0.352 e. The third-order valence-corrected chi connectivity index (χ3v) is 2.99. The number of anilines is 1. The van der Waals surface area contributed by atoms with E-state index < -0.39 is 0 Å². The zero-order valence-electron chi connectivity index (χ0n) is 11.4. The third kappa shape index (κ3) is 3.57. The molecule has 1 N–H and O–H groups in total. The summed E-state index contributed by atoms with van der Waals surface area (Å²) in [6.45, 7) is 7.90. The van der Waals surface area contributed by atoms with Gasteiger partial charge in [-0.2, -0.15) is 0 Å². The van der Waals surface area contributed by atoms with Crippen molar-refractivity contribution < 1.29 is 4.79 Å². The van der Waals surface area contributed by atoms with E-state index >= 15 is 0 Å². The highest BCUT2D eigenvalue weighted by molar-refractivity contribution is 6.30. The SMILES string of the molecule is Cc1c(Cl)nnc(N(C)CC(=O)NC(C)C)c1C. The van der Waals surface area contributed by atoms with Crippen LogP contribution in [0, 0.1) is 13.8 Å². The summed E-state index contributed by atoms with van der Waals surface area (Å²) in [6.07, 6.45) is 0. The molecule has 0 unspecified atom stereocenters. The number of aromatic nitrogens is 2. The van der Waals surface area contributed by atoms with Crippen LogP contribution in [0.25, 0.3) is 0 Å². The van der Waals surface area contributed by atoms with Crippen LogP contribution in [0.15, 0.2) is 0 Å². The Morgan fingerprint density at radius 1 is 1.33 bits per heavy atom. The van der Waals surface area contributed by atoms with Gasteiger partial charge in [-0.25, -0.2) is 0 Å². The molecular weight excluding hydrogens is 252 g/mol. The lowest BCUT2D eigenvalue weighted by Crippen LogP contribution is -2.39. The smallest absolute Gasteiger partial charge is 0.239 e. The monoisotopic (exact) mass is 270 g/mol. The van der Waals surface area contributed by atoms with E-state index in [0.29, 0.717) is 11.0 Å². The highest BCUT2D eigenvalue weighted by Crippen LogP contribution is 2.22. The predicted octanol–water partition coefficient (Wildman–Crippen LogP) is 1.71. The molecule has 6 heteroatoms. The maximum Gasteiger partial charge on any atom is 0.239 e. The fraction of sp³-hybridized carbons (Fsp3) is 0.583. The summed E-state index contributed by atoms with van der Waals surface area (Å²) in [5.41, 5.74) is 1.83. The Labute approximate surface area is 113 Å². The molecular formula is C12H19ClN4O. The summed E-state index contributed by atoms with van der Waals surface area (Å²) in [4.78, 5) is 13.4. The molecule has 0 atom stereocenters. The van der Waals surface area contributed by atoms with Crippen LogP contribution in [0.3, 0.4) is 0 Å². The Balaban J connectivity index is 2.82. The highest BCUT2D eigenvalue weighted by Gasteiger charge is 2.14. The van der Waals surface area contributed by atoms with Crippen LogP contribution < -0.4 is 10.2 Å². The van der Waals surface area contributed by atoms with E-state index in [4.69, 9.17) is 11.6 Å². The van der Waals surface area contributed by atoms with Gasteiger partial charge in [0, 0.05) is 13.1 Å². The van der Waals surface area contributed by atoms with Crippen molar-refractivity contribution in [2.45, 2.75) is 33.7 Å². The van der Waals surface area contributed by atoms with Crippen molar-refractivity contribution in [3.63, 3.8) is 0 Å². The van der Waals surface area contributed by atoms with Crippen molar-refractivity contribution in [1.82, 2.24) is 15.5 Å². The molecule has 18 heavy (non-hydrogen) atoms. The second-order valence-electron chi connectivity index (χ2n) is 4.64. The first-order chi connectivity index (χ1) is 8.32. The number of rotatable bonds is 4. The molecule has 0 saturated carbocycles. The average molecular weight is 271 g/mol. The quantitative estimate of drug-likeness (QED) is 0.905. The van der Waals surface area contributed by atoms with E-state index in [2.05, 4.69) is 15.5 Å². The summed E-state index contributed by atoms with van der Waals surface area (Å²) >= 11 is 5.89. The van der Waals surface area contributed by atoms with Gasteiger partial charge in [0.25, 0.3) is 0 Å². The largest absolute Gasteiger partial charge is 0.352 e. The van der Waals surface area contributed by atoms with Crippen LogP contribution in [0.5, 0.6) is 0 Å². The molecule has 1 amide bonds. The average Bonchev–Trinajstić information content (AvgIpc) is 2.24. The molecule has 5 nitrogen and oxygen atoms in total. The fourth-order valence-electron chi connectivity index (χ4n) is 1.58.